The topological polar surface area (TPSA) is 55.6 Å². The first kappa shape index (κ1) is 19.6. The van der Waals surface area contributed by atoms with Crippen LogP contribution in [0.15, 0.2) is 48.7 Å². The second kappa shape index (κ2) is 8.40. The van der Waals surface area contributed by atoms with E-state index in [0.717, 1.165) is 35.4 Å². The summed E-state index contributed by atoms with van der Waals surface area (Å²) in [7, 11) is 0. The smallest absolute Gasteiger partial charge is 0.146 e. The molecule has 2 fully saturated rings. The highest BCUT2D eigenvalue weighted by molar-refractivity contribution is 6.01. The third-order valence-electron chi connectivity index (χ3n) is 6.11. The fraction of sp³-hybridized carbons (Fsp3) is 0.333. The summed E-state index contributed by atoms with van der Waals surface area (Å²) < 4.78 is 19.7. The molecule has 0 N–H and O–H groups in total. The van der Waals surface area contributed by atoms with Gasteiger partial charge in [-0.15, -0.1) is 0 Å². The van der Waals surface area contributed by atoms with Crippen LogP contribution in [-0.2, 0) is 4.74 Å². The number of hydrogen-bond acceptors (Lipinski definition) is 6. The molecule has 0 unspecified atom stereocenters. The summed E-state index contributed by atoms with van der Waals surface area (Å²) in [5.74, 6) is -0.196. The number of fused-ring (bicyclic) bond motifs is 1. The summed E-state index contributed by atoms with van der Waals surface area (Å²) in [6.07, 6.45) is 1.69. The summed E-state index contributed by atoms with van der Waals surface area (Å²) >= 11 is 0. The van der Waals surface area contributed by atoms with Gasteiger partial charge in [-0.05, 0) is 18.2 Å². The number of rotatable bonds is 3. The van der Waals surface area contributed by atoms with Gasteiger partial charge in [0.25, 0.3) is 0 Å². The molecule has 3 aromatic rings. The minimum absolute atomic E-state index is 0.196. The van der Waals surface area contributed by atoms with Gasteiger partial charge >= 0.3 is 0 Å². The van der Waals surface area contributed by atoms with Gasteiger partial charge in [0.1, 0.15) is 11.9 Å². The van der Waals surface area contributed by atoms with E-state index in [1.807, 2.05) is 24.3 Å². The van der Waals surface area contributed by atoms with Crippen LogP contribution < -0.4 is 14.7 Å². The Kier molecular flexibility index (Phi) is 5.31. The normalized spacial score (nSPS) is 17.1. The SMILES string of the molecule is N#Cc1cnc2c(N3CCOCC3)cccc2c1N1CCN(c2ccccc2F)CC1. The highest BCUT2D eigenvalue weighted by Crippen LogP contribution is 2.35. The van der Waals surface area contributed by atoms with Crippen molar-refractivity contribution in [1.82, 2.24) is 4.98 Å². The van der Waals surface area contributed by atoms with Crippen molar-refractivity contribution in [3.8, 4) is 6.07 Å². The molecule has 2 saturated heterocycles. The number of piperazine rings is 1. The zero-order chi connectivity index (χ0) is 21.2. The quantitative estimate of drug-likeness (QED) is 0.651. The number of ether oxygens (including phenoxy) is 1. The monoisotopic (exact) mass is 417 g/mol. The van der Waals surface area contributed by atoms with E-state index < -0.39 is 0 Å². The number of morpholine rings is 1. The van der Waals surface area contributed by atoms with Gasteiger partial charge in [-0.3, -0.25) is 4.98 Å². The van der Waals surface area contributed by atoms with Crippen LogP contribution in [-0.4, -0.2) is 57.5 Å². The molecule has 0 atom stereocenters. The molecule has 0 spiro atoms. The van der Waals surface area contributed by atoms with Gasteiger partial charge < -0.3 is 19.4 Å². The predicted octanol–water partition coefficient (Wildman–Crippen LogP) is 3.41. The lowest BCUT2D eigenvalue weighted by atomic mass is 10.1. The average Bonchev–Trinajstić information content (AvgIpc) is 2.84. The Labute approximate surface area is 181 Å². The molecular weight excluding hydrogens is 393 g/mol. The fourth-order valence-corrected chi connectivity index (χ4v) is 4.55. The number of halogens is 1. The molecule has 2 aliphatic heterocycles. The number of aromatic nitrogens is 1. The maximum atomic E-state index is 14.2. The van der Waals surface area contributed by atoms with Crippen molar-refractivity contribution >= 4 is 28.0 Å². The lowest BCUT2D eigenvalue weighted by molar-refractivity contribution is 0.123. The number of anilines is 3. The number of nitrogens with zero attached hydrogens (tertiary/aromatic N) is 5. The molecule has 0 aliphatic carbocycles. The highest BCUT2D eigenvalue weighted by Gasteiger charge is 2.24. The number of benzene rings is 2. The molecule has 5 rings (SSSR count). The summed E-state index contributed by atoms with van der Waals surface area (Å²) in [4.78, 5) is 11.3. The first-order valence-corrected chi connectivity index (χ1v) is 10.6. The maximum Gasteiger partial charge on any atom is 0.146 e. The average molecular weight is 417 g/mol. The van der Waals surface area contributed by atoms with Gasteiger partial charge in [0.15, 0.2) is 0 Å². The second-order valence-electron chi connectivity index (χ2n) is 7.83. The van der Waals surface area contributed by atoms with Crippen LogP contribution in [0.4, 0.5) is 21.5 Å². The maximum absolute atomic E-state index is 14.2. The van der Waals surface area contributed by atoms with E-state index in [1.54, 1.807) is 12.3 Å². The Bertz CT molecular complexity index is 1130. The molecular formula is C24H24FN5O. The van der Waals surface area contributed by atoms with Crippen LogP contribution in [0.2, 0.25) is 0 Å². The largest absolute Gasteiger partial charge is 0.378 e. The molecule has 6 nitrogen and oxygen atoms in total. The second-order valence-corrected chi connectivity index (χ2v) is 7.83. The van der Waals surface area contributed by atoms with Gasteiger partial charge in [0, 0.05) is 50.9 Å². The molecule has 158 valence electrons. The highest BCUT2D eigenvalue weighted by atomic mass is 19.1. The van der Waals surface area contributed by atoms with E-state index in [9.17, 15) is 9.65 Å². The predicted molar refractivity (Wildman–Crippen MR) is 120 cm³/mol. The zero-order valence-corrected chi connectivity index (χ0v) is 17.3. The molecule has 2 aromatic carbocycles. The van der Waals surface area contributed by atoms with Crippen LogP contribution in [0.25, 0.3) is 10.9 Å². The molecule has 3 heterocycles. The van der Waals surface area contributed by atoms with E-state index in [-0.39, 0.29) is 5.82 Å². The minimum Gasteiger partial charge on any atom is -0.378 e. The van der Waals surface area contributed by atoms with Crippen molar-refractivity contribution in [3.63, 3.8) is 0 Å². The Morgan fingerprint density at radius 1 is 0.839 bits per heavy atom. The minimum atomic E-state index is -0.196. The third-order valence-corrected chi connectivity index (χ3v) is 6.11. The first-order chi connectivity index (χ1) is 15.3. The summed E-state index contributed by atoms with van der Waals surface area (Å²) in [6, 6.07) is 15.4. The van der Waals surface area contributed by atoms with Gasteiger partial charge in [0.05, 0.1) is 41.4 Å². The van der Waals surface area contributed by atoms with Crippen molar-refractivity contribution in [2.75, 3.05) is 67.2 Å². The van der Waals surface area contributed by atoms with Gasteiger partial charge in [-0.1, -0.05) is 24.3 Å². The van der Waals surface area contributed by atoms with E-state index in [4.69, 9.17) is 4.74 Å². The molecule has 2 aliphatic rings. The number of pyridine rings is 1. The van der Waals surface area contributed by atoms with Crippen LogP contribution in [0.5, 0.6) is 0 Å². The van der Waals surface area contributed by atoms with Crippen LogP contribution in [0.3, 0.4) is 0 Å². The van der Waals surface area contributed by atoms with Gasteiger partial charge in [-0.2, -0.15) is 5.26 Å². The first-order valence-electron chi connectivity index (χ1n) is 10.6. The molecule has 0 radical (unpaired) electrons. The molecule has 1 aromatic heterocycles. The van der Waals surface area contributed by atoms with Crippen LogP contribution in [0.1, 0.15) is 5.56 Å². The fourth-order valence-electron chi connectivity index (χ4n) is 4.55. The molecule has 7 heteroatoms. The number of hydrogen-bond donors (Lipinski definition) is 0. The summed E-state index contributed by atoms with van der Waals surface area (Å²) in [6.45, 7) is 5.88. The van der Waals surface area contributed by atoms with E-state index in [2.05, 4.69) is 31.8 Å². The Morgan fingerprint density at radius 3 is 2.26 bits per heavy atom. The van der Waals surface area contributed by atoms with Gasteiger partial charge in [0.2, 0.25) is 0 Å². The third kappa shape index (κ3) is 3.64. The van der Waals surface area contributed by atoms with Crippen LogP contribution >= 0.6 is 0 Å². The molecule has 0 amide bonds. The molecule has 0 saturated carbocycles. The number of para-hydroxylation sites is 2. The van der Waals surface area contributed by atoms with Crippen LogP contribution in [0, 0.1) is 17.1 Å². The lowest BCUT2D eigenvalue weighted by Gasteiger charge is -2.38. The van der Waals surface area contributed by atoms with E-state index in [1.165, 1.54) is 6.07 Å². The number of nitriles is 1. The Hall–Kier alpha value is -3.37. The summed E-state index contributed by atoms with van der Waals surface area (Å²) in [5.41, 5.74) is 4.13. The molecule has 0 bridgehead atoms. The van der Waals surface area contributed by atoms with E-state index in [0.29, 0.717) is 50.6 Å². The van der Waals surface area contributed by atoms with Crippen molar-refractivity contribution in [1.29, 1.82) is 5.26 Å². The van der Waals surface area contributed by atoms with Crippen molar-refractivity contribution in [2.24, 2.45) is 0 Å². The van der Waals surface area contributed by atoms with Gasteiger partial charge in [-0.25, -0.2) is 4.39 Å². The van der Waals surface area contributed by atoms with Crippen molar-refractivity contribution in [2.45, 2.75) is 0 Å². The summed E-state index contributed by atoms with van der Waals surface area (Å²) in [5, 5.41) is 10.8. The Morgan fingerprint density at radius 2 is 1.52 bits per heavy atom. The molecule has 31 heavy (non-hydrogen) atoms. The van der Waals surface area contributed by atoms with Crippen molar-refractivity contribution < 1.29 is 9.13 Å². The standard InChI is InChI=1S/C24H24FN5O/c25-20-5-1-2-6-21(20)28-8-10-30(11-9-28)24-18(16-26)17-27-23-19(24)4-3-7-22(23)29-12-14-31-15-13-29/h1-7,17H,8-15H2. The Balaban J connectivity index is 1.48. The zero-order valence-electron chi connectivity index (χ0n) is 17.3. The van der Waals surface area contributed by atoms with E-state index >= 15 is 0 Å². The van der Waals surface area contributed by atoms with Crippen molar-refractivity contribution in [3.05, 3.63) is 60.0 Å². The lowest BCUT2D eigenvalue weighted by Crippen LogP contribution is -2.47.